The maximum atomic E-state index is 10.9. The van der Waals surface area contributed by atoms with Gasteiger partial charge in [-0.05, 0) is 0 Å². The van der Waals surface area contributed by atoms with E-state index in [1.807, 2.05) is 0 Å². The summed E-state index contributed by atoms with van der Waals surface area (Å²) >= 11 is 2.11. The molecule has 6 nitrogen and oxygen atoms in total. The number of aromatic nitrogens is 1. The summed E-state index contributed by atoms with van der Waals surface area (Å²) < 4.78 is 21.5. The van der Waals surface area contributed by atoms with Crippen molar-refractivity contribution >= 4 is 39.1 Å². The molecule has 0 unspecified atom stereocenters. The second kappa shape index (κ2) is 4.92. The van der Waals surface area contributed by atoms with Gasteiger partial charge in [0, 0.05) is 11.1 Å². The summed E-state index contributed by atoms with van der Waals surface area (Å²) in [5.74, 6) is -0.548. The number of carboxylic acids is 1. The summed E-state index contributed by atoms with van der Waals surface area (Å²) in [6.07, 6.45) is 0.00685. The van der Waals surface area contributed by atoms with Gasteiger partial charge < -0.3 is 5.11 Å². The Kier molecular flexibility index (Phi) is 4.08. The molecule has 0 radical (unpaired) electrons. The Hall–Kier alpha value is -0.640. The van der Waals surface area contributed by atoms with Crippen LogP contribution >= 0.6 is 23.1 Å². The molecule has 0 atom stereocenters. The first-order valence-corrected chi connectivity index (χ1v) is 7.13. The minimum Gasteiger partial charge on any atom is -0.481 e. The molecule has 0 amide bonds. The first-order chi connectivity index (χ1) is 6.89. The number of nitrogens with zero attached hydrogens (tertiary/aromatic N) is 1. The van der Waals surface area contributed by atoms with E-state index in [9.17, 15) is 13.2 Å². The molecule has 3 N–H and O–H groups in total. The van der Waals surface area contributed by atoms with Crippen LogP contribution in [0.4, 0.5) is 0 Å². The van der Waals surface area contributed by atoms with Crippen LogP contribution in [0.15, 0.2) is 14.7 Å². The second-order valence-electron chi connectivity index (χ2n) is 2.49. The molecule has 9 heteroatoms. The van der Waals surface area contributed by atoms with Gasteiger partial charge in [-0.3, -0.25) is 4.79 Å². The van der Waals surface area contributed by atoms with Crippen LogP contribution < -0.4 is 5.14 Å². The summed E-state index contributed by atoms with van der Waals surface area (Å²) in [6.45, 7) is 0. The lowest BCUT2D eigenvalue weighted by Gasteiger charge is -1.93. The number of carbonyl (C=O) groups is 1. The molecule has 0 bridgehead atoms. The average molecular weight is 268 g/mol. The lowest BCUT2D eigenvalue weighted by atomic mass is 10.5. The van der Waals surface area contributed by atoms with Crippen molar-refractivity contribution in [2.45, 2.75) is 15.8 Å². The van der Waals surface area contributed by atoms with Crippen molar-refractivity contribution in [3.05, 3.63) is 5.38 Å². The molecular weight excluding hydrogens is 260 g/mol. The Balaban J connectivity index is 2.58. The summed E-state index contributed by atoms with van der Waals surface area (Å²) in [5, 5.41) is 15.3. The van der Waals surface area contributed by atoms with Gasteiger partial charge in [0.15, 0.2) is 0 Å². The molecule has 0 fully saturated rings. The maximum absolute atomic E-state index is 10.9. The highest BCUT2D eigenvalue weighted by atomic mass is 32.2. The van der Waals surface area contributed by atoms with Crippen molar-refractivity contribution in [3.8, 4) is 0 Å². The molecule has 0 aliphatic heterocycles. The third kappa shape index (κ3) is 4.16. The van der Waals surface area contributed by atoms with Crippen LogP contribution in [0.5, 0.6) is 0 Å². The van der Waals surface area contributed by atoms with E-state index < -0.39 is 16.0 Å². The van der Waals surface area contributed by atoms with Crippen LogP contribution in [-0.4, -0.2) is 30.2 Å². The van der Waals surface area contributed by atoms with Crippen molar-refractivity contribution in [1.29, 1.82) is 0 Å². The number of primary sulfonamides is 1. The first-order valence-electron chi connectivity index (χ1n) is 3.72. The van der Waals surface area contributed by atoms with Crippen LogP contribution in [0, 0.1) is 0 Å². The van der Waals surface area contributed by atoms with Gasteiger partial charge in [-0.1, -0.05) is 0 Å². The van der Waals surface area contributed by atoms with Gasteiger partial charge in [0.1, 0.15) is 5.03 Å². The van der Waals surface area contributed by atoms with E-state index in [0.717, 1.165) is 11.3 Å². The highest BCUT2D eigenvalue weighted by molar-refractivity contribution is 7.99. The molecule has 1 heterocycles. The monoisotopic (exact) mass is 268 g/mol. The Bertz CT molecular complexity index is 453. The van der Waals surface area contributed by atoms with Crippen LogP contribution in [0.1, 0.15) is 6.42 Å². The fraction of sp³-hybridized carbons (Fsp3) is 0.333. The molecule has 1 rings (SSSR count). The minimum absolute atomic E-state index is 0.00685. The van der Waals surface area contributed by atoms with Gasteiger partial charge in [-0.15, -0.1) is 23.1 Å². The molecule has 1 aromatic rings. The number of hydrogen-bond donors (Lipinski definition) is 2. The highest BCUT2D eigenvalue weighted by Crippen LogP contribution is 2.23. The van der Waals surface area contributed by atoms with E-state index in [1.54, 1.807) is 0 Å². The third-order valence-corrected chi connectivity index (χ3v) is 4.53. The lowest BCUT2D eigenvalue weighted by molar-refractivity contribution is -0.136. The van der Waals surface area contributed by atoms with Crippen LogP contribution in [0.2, 0.25) is 0 Å². The fourth-order valence-corrected chi connectivity index (χ4v) is 3.17. The molecule has 15 heavy (non-hydrogen) atoms. The Morgan fingerprint density at radius 2 is 2.33 bits per heavy atom. The number of hydrogen-bond acceptors (Lipinski definition) is 6. The largest absolute Gasteiger partial charge is 0.481 e. The number of rotatable bonds is 5. The van der Waals surface area contributed by atoms with Gasteiger partial charge in [-0.25, -0.2) is 18.5 Å². The number of thioether (sulfide) groups is 1. The topological polar surface area (TPSA) is 110 Å². The van der Waals surface area contributed by atoms with Crippen molar-refractivity contribution in [3.63, 3.8) is 0 Å². The first kappa shape index (κ1) is 12.4. The van der Waals surface area contributed by atoms with Crippen LogP contribution in [-0.2, 0) is 14.8 Å². The van der Waals surface area contributed by atoms with E-state index in [1.165, 1.54) is 17.1 Å². The molecule has 0 aromatic carbocycles. The Labute approximate surface area is 94.6 Å². The predicted octanol–water partition coefficient (Wildman–Crippen LogP) is 0.357. The molecule has 0 saturated heterocycles. The van der Waals surface area contributed by atoms with Crippen LogP contribution in [0.25, 0.3) is 0 Å². The zero-order valence-electron chi connectivity index (χ0n) is 7.41. The Morgan fingerprint density at radius 1 is 1.67 bits per heavy atom. The molecule has 0 aliphatic carbocycles. The highest BCUT2D eigenvalue weighted by Gasteiger charge is 2.13. The van der Waals surface area contributed by atoms with Gasteiger partial charge in [0.05, 0.1) is 6.42 Å². The van der Waals surface area contributed by atoms with Crippen molar-refractivity contribution in [1.82, 2.24) is 4.98 Å². The molecule has 0 aliphatic rings. The zero-order chi connectivity index (χ0) is 11.5. The third-order valence-electron chi connectivity index (χ3n) is 1.27. The maximum Gasteiger partial charge on any atom is 0.304 e. The number of aliphatic carboxylic acids is 1. The molecule has 0 spiro atoms. The van der Waals surface area contributed by atoms with Gasteiger partial charge in [-0.2, -0.15) is 0 Å². The number of thiazole rings is 1. The fourth-order valence-electron chi connectivity index (χ4n) is 0.683. The summed E-state index contributed by atoms with van der Waals surface area (Å²) in [6, 6.07) is 0. The van der Waals surface area contributed by atoms with Gasteiger partial charge >= 0.3 is 5.97 Å². The zero-order valence-corrected chi connectivity index (χ0v) is 9.86. The summed E-state index contributed by atoms with van der Waals surface area (Å²) in [4.78, 5) is 14.0. The van der Waals surface area contributed by atoms with Crippen molar-refractivity contribution in [2.75, 3.05) is 5.75 Å². The second-order valence-corrected chi connectivity index (χ2v) is 6.20. The SMILES string of the molecule is NS(=O)(=O)c1nc(SCCC(=O)O)cs1. The minimum atomic E-state index is -3.75. The molecule has 84 valence electrons. The summed E-state index contributed by atoms with van der Waals surface area (Å²) in [7, 11) is -3.75. The molecule has 0 saturated carbocycles. The molecule has 1 aromatic heterocycles. The number of nitrogens with two attached hydrogens (primary N) is 1. The predicted molar refractivity (Wildman–Crippen MR) is 56.5 cm³/mol. The Morgan fingerprint density at radius 3 is 2.80 bits per heavy atom. The summed E-state index contributed by atoms with van der Waals surface area (Å²) in [5.41, 5.74) is 0. The smallest absolute Gasteiger partial charge is 0.304 e. The molecular formula is C6H8N2O4S3. The standard InChI is InChI=1S/C6H8N2O4S3/c7-15(11,12)6-8-4(3-14-6)13-2-1-5(9)10/h3H,1-2H2,(H,9,10)(H2,7,11,12). The average Bonchev–Trinajstić information content (AvgIpc) is 2.51. The van der Waals surface area contributed by atoms with E-state index in [0.29, 0.717) is 10.8 Å². The van der Waals surface area contributed by atoms with E-state index in [-0.39, 0.29) is 10.8 Å². The van der Waals surface area contributed by atoms with Crippen molar-refractivity contribution in [2.24, 2.45) is 5.14 Å². The lowest BCUT2D eigenvalue weighted by Crippen LogP contribution is -2.11. The van der Waals surface area contributed by atoms with Gasteiger partial charge in [0.2, 0.25) is 4.34 Å². The van der Waals surface area contributed by atoms with E-state index in [4.69, 9.17) is 10.2 Å². The normalized spacial score (nSPS) is 11.5. The van der Waals surface area contributed by atoms with Gasteiger partial charge in [0.25, 0.3) is 10.0 Å². The quantitative estimate of drug-likeness (QED) is 0.746. The van der Waals surface area contributed by atoms with Crippen molar-refractivity contribution < 1.29 is 18.3 Å². The number of carboxylic acid groups (broad SMARTS) is 1. The number of sulfonamides is 1. The van der Waals surface area contributed by atoms with E-state index in [2.05, 4.69) is 4.98 Å². The van der Waals surface area contributed by atoms with E-state index >= 15 is 0 Å². The van der Waals surface area contributed by atoms with Crippen LogP contribution in [0.3, 0.4) is 0 Å².